The Labute approximate surface area is 83.2 Å². The molecular formula is C7H14O6S. The van der Waals surface area contributed by atoms with Crippen LogP contribution in [0.3, 0.4) is 0 Å². The van der Waals surface area contributed by atoms with Gasteiger partial charge in [0, 0.05) is 6.08 Å². The number of hydrogen-bond donors (Lipinski definition) is 2. The first kappa shape index (κ1) is 15.5. The predicted molar refractivity (Wildman–Crippen MR) is 50.2 cm³/mol. The van der Waals surface area contributed by atoms with Gasteiger partial charge in [-0.25, -0.2) is 8.98 Å². The maximum Gasteiger partial charge on any atom is 0.397 e. The van der Waals surface area contributed by atoms with Gasteiger partial charge in [-0.1, -0.05) is 19.9 Å². The first-order valence-electron chi connectivity index (χ1n) is 3.80. The summed E-state index contributed by atoms with van der Waals surface area (Å²) in [4.78, 5) is 9.25. The lowest BCUT2D eigenvalue weighted by Crippen LogP contribution is -2.04. The van der Waals surface area contributed by atoms with E-state index in [-0.39, 0.29) is 6.61 Å². The van der Waals surface area contributed by atoms with Crippen LogP contribution in [0.2, 0.25) is 0 Å². The van der Waals surface area contributed by atoms with E-state index < -0.39 is 16.4 Å². The molecule has 0 fully saturated rings. The highest BCUT2D eigenvalue weighted by Gasteiger charge is 2.00. The molecule has 0 rings (SSSR count). The number of hydrogen-bond acceptors (Lipinski definition) is 4. The Bertz CT molecular complexity index is 255. The number of carboxylic acids is 1. The second-order valence-corrected chi connectivity index (χ2v) is 3.24. The zero-order valence-electron chi connectivity index (χ0n) is 7.84. The van der Waals surface area contributed by atoms with E-state index in [0.717, 1.165) is 12.5 Å². The first-order chi connectivity index (χ1) is 6.33. The maximum absolute atomic E-state index is 9.84. The summed E-state index contributed by atoms with van der Waals surface area (Å²) >= 11 is 0. The minimum Gasteiger partial charge on any atom is -0.478 e. The highest BCUT2D eigenvalue weighted by molar-refractivity contribution is 7.80. The van der Waals surface area contributed by atoms with Crippen LogP contribution in [0.1, 0.15) is 19.8 Å². The highest BCUT2D eigenvalue weighted by atomic mass is 32.3. The van der Waals surface area contributed by atoms with Gasteiger partial charge in [-0.3, -0.25) is 4.55 Å². The van der Waals surface area contributed by atoms with Crippen molar-refractivity contribution >= 4 is 16.4 Å². The minimum atomic E-state index is -4.20. The number of carboxylic acid groups (broad SMARTS) is 1. The molecule has 0 bridgehead atoms. The molecule has 0 aliphatic carbocycles. The lowest BCUT2D eigenvalue weighted by molar-refractivity contribution is -0.131. The van der Waals surface area contributed by atoms with E-state index in [1.807, 2.05) is 6.92 Å². The SMILES string of the molecule is C=CC(=O)O.CCCCOS(=O)(=O)O. The molecule has 0 radical (unpaired) electrons. The third-order valence-corrected chi connectivity index (χ3v) is 1.37. The summed E-state index contributed by atoms with van der Waals surface area (Å²) in [6.45, 7) is 4.92. The summed E-state index contributed by atoms with van der Waals surface area (Å²) in [6.07, 6.45) is 2.31. The molecule has 0 unspecified atom stereocenters. The third-order valence-electron chi connectivity index (χ3n) is 0.905. The zero-order chi connectivity index (χ0) is 11.6. The summed E-state index contributed by atoms with van der Waals surface area (Å²) < 4.78 is 31.7. The molecule has 84 valence electrons. The van der Waals surface area contributed by atoms with Crippen LogP contribution in [-0.4, -0.2) is 30.7 Å². The summed E-state index contributed by atoms with van der Waals surface area (Å²) in [7, 11) is -4.20. The lowest BCUT2D eigenvalue weighted by atomic mass is 10.4. The van der Waals surface area contributed by atoms with Crippen LogP contribution < -0.4 is 0 Å². The summed E-state index contributed by atoms with van der Waals surface area (Å²) in [5.41, 5.74) is 0. The van der Waals surface area contributed by atoms with Gasteiger partial charge in [-0.15, -0.1) is 0 Å². The molecule has 14 heavy (non-hydrogen) atoms. The predicted octanol–water partition coefficient (Wildman–Crippen LogP) is 0.863. The van der Waals surface area contributed by atoms with Crippen LogP contribution in [0.4, 0.5) is 0 Å². The van der Waals surface area contributed by atoms with Gasteiger partial charge in [0.25, 0.3) is 0 Å². The molecular weight excluding hydrogens is 212 g/mol. The van der Waals surface area contributed by atoms with Gasteiger partial charge >= 0.3 is 16.4 Å². The van der Waals surface area contributed by atoms with Crippen molar-refractivity contribution in [3.05, 3.63) is 12.7 Å². The van der Waals surface area contributed by atoms with E-state index >= 15 is 0 Å². The van der Waals surface area contributed by atoms with Crippen LogP contribution in [0.5, 0.6) is 0 Å². The Morgan fingerprint density at radius 2 is 2.00 bits per heavy atom. The third kappa shape index (κ3) is 22.5. The lowest BCUT2D eigenvalue weighted by Gasteiger charge is -1.95. The first-order valence-corrected chi connectivity index (χ1v) is 5.17. The Balaban J connectivity index is 0. The van der Waals surface area contributed by atoms with Crippen LogP contribution in [0.15, 0.2) is 12.7 Å². The van der Waals surface area contributed by atoms with Crippen LogP contribution >= 0.6 is 0 Å². The number of aliphatic carboxylic acids is 1. The monoisotopic (exact) mass is 226 g/mol. The largest absolute Gasteiger partial charge is 0.478 e. The summed E-state index contributed by atoms with van der Waals surface area (Å²) in [6, 6.07) is 0. The number of unbranched alkanes of at least 4 members (excludes halogenated alkanes) is 1. The van der Waals surface area contributed by atoms with E-state index in [0.29, 0.717) is 6.42 Å². The van der Waals surface area contributed by atoms with E-state index in [2.05, 4.69) is 10.8 Å². The van der Waals surface area contributed by atoms with Crippen molar-refractivity contribution < 1.29 is 27.1 Å². The van der Waals surface area contributed by atoms with Crippen molar-refractivity contribution in [1.82, 2.24) is 0 Å². The average molecular weight is 226 g/mol. The molecule has 0 aromatic heterocycles. The zero-order valence-corrected chi connectivity index (χ0v) is 8.66. The molecule has 0 atom stereocenters. The van der Waals surface area contributed by atoms with Crippen molar-refractivity contribution in [3.8, 4) is 0 Å². The van der Waals surface area contributed by atoms with Crippen molar-refractivity contribution in [2.24, 2.45) is 0 Å². The Morgan fingerprint density at radius 1 is 1.57 bits per heavy atom. The van der Waals surface area contributed by atoms with Gasteiger partial charge in [0.05, 0.1) is 6.61 Å². The molecule has 0 spiro atoms. The fraction of sp³-hybridized carbons (Fsp3) is 0.571. The van der Waals surface area contributed by atoms with E-state index in [1.54, 1.807) is 0 Å². The molecule has 0 saturated carbocycles. The molecule has 2 N–H and O–H groups in total. The van der Waals surface area contributed by atoms with E-state index in [1.165, 1.54) is 0 Å². The summed E-state index contributed by atoms with van der Waals surface area (Å²) in [5.74, 6) is -0.981. The van der Waals surface area contributed by atoms with Crippen molar-refractivity contribution in [3.63, 3.8) is 0 Å². The van der Waals surface area contributed by atoms with Crippen LogP contribution in [0.25, 0.3) is 0 Å². The van der Waals surface area contributed by atoms with E-state index in [4.69, 9.17) is 9.66 Å². The minimum absolute atomic E-state index is 0.0648. The van der Waals surface area contributed by atoms with Crippen molar-refractivity contribution in [1.29, 1.82) is 0 Å². The van der Waals surface area contributed by atoms with Crippen molar-refractivity contribution in [2.45, 2.75) is 19.8 Å². The second kappa shape index (κ2) is 8.67. The van der Waals surface area contributed by atoms with Gasteiger partial charge in [-0.05, 0) is 6.42 Å². The normalized spacial score (nSPS) is 9.86. The van der Waals surface area contributed by atoms with Gasteiger partial charge in [-0.2, -0.15) is 8.42 Å². The number of carbonyl (C=O) groups is 1. The van der Waals surface area contributed by atoms with Gasteiger partial charge in [0.15, 0.2) is 0 Å². The second-order valence-electron chi connectivity index (χ2n) is 2.15. The van der Waals surface area contributed by atoms with Gasteiger partial charge in [0.2, 0.25) is 0 Å². The fourth-order valence-electron chi connectivity index (χ4n) is 0.309. The molecule has 7 heteroatoms. The molecule has 0 amide bonds. The Hall–Kier alpha value is -0.920. The summed E-state index contributed by atoms with van der Waals surface area (Å²) in [5, 5.41) is 7.60. The molecule has 0 aromatic rings. The van der Waals surface area contributed by atoms with Crippen LogP contribution in [0, 0.1) is 0 Å². The molecule has 0 aliphatic rings. The van der Waals surface area contributed by atoms with E-state index in [9.17, 15) is 13.2 Å². The Morgan fingerprint density at radius 3 is 2.21 bits per heavy atom. The quantitative estimate of drug-likeness (QED) is 0.409. The maximum atomic E-state index is 9.84. The topological polar surface area (TPSA) is 101 Å². The molecule has 0 aliphatic heterocycles. The molecule has 0 heterocycles. The molecule has 0 saturated heterocycles. The molecule has 0 aromatic carbocycles. The fourth-order valence-corrected chi connectivity index (χ4v) is 0.637. The van der Waals surface area contributed by atoms with Crippen LogP contribution in [-0.2, 0) is 19.4 Å². The standard InChI is InChI=1S/C4H10O4S.C3H4O2/c1-2-3-4-8-9(5,6)7;1-2-3(4)5/h2-4H2,1H3,(H,5,6,7);2H,1H2,(H,4,5). The highest BCUT2D eigenvalue weighted by Crippen LogP contribution is 1.91. The average Bonchev–Trinajstić information content (AvgIpc) is 2.04. The van der Waals surface area contributed by atoms with Gasteiger partial charge < -0.3 is 5.11 Å². The van der Waals surface area contributed by atoms with Gasteiger partial charge in [0.1, 0.15) is 0 Å². The Kier molecular flexibility index (Phi) is 9.63. The smallest absolute Gasteiger partial charge is 0.397 e. The number of rotatable bonds is 5. The molecule has 6 nitrogen and oxygen atoms in total. The van der Waals surface area contributed by atoms with Crippen molar-refractivity contribution in [2.75, 3.05) is 6.61 Å².